The molecule has 0 spiro atoms. The van der Waals surface area contributed by atoms with E-state index in [1.54, 1.807) is 0 Å². The first-order valence-corrected chi connectivity index (χ1v) is 13.1. The van der Waals surface area contributed by atoms with E-state index in [9.17, 15) is 13.2 Å². The van der Waals surface area contributed by atoms with E-state index in [1.807, 2.05) is 12.3 Å². The number of nitrogens with one attached hydrogen (secondary N) is 2. The van der Waals surface area contributed by atoms with Crippen molar-refractivity contribution in [3.63, 3.8) is 0 Å². The fourth-order valence-corrected chi connectivity index (χ4v) is 4.18. The van der Waals surface area contributed by atoms with Crippen LogP contribution in [0.5, 0.6) is 0 Å². The van der Waals surface area contributed by atoms with Crippen LogP contribution in [0.25, 0.3) is 22.0 Å². The van der Waals surface area contributed by atoms with Gasteiger partial charge in [-0.15, -0.1) is 0 Å². The average Bonchev–Trinajstić information content (AvgIpc) is 2.99. The third kappa shape index (κ3) is 9.19. The Morgan fingerprint density at radius 1 is 0.732 bits per heavy atom. The lowest BCUT2D eigenvalue weighted by molar-refractivity contribution is -0.192. The molecular weight excluding hydrogens is 527 g/mol. The van der Waals surface area contributed by atoms with Crippen molar-refractivity contribution in [3.05, 3.63) is 132 Å². The van der Waals surface area contributed by atoms with Gasteiger partial charge in [0.05, 0.1) is 5.52 Å². The molecule has 0 aliphatic rings. The second kappa shape index (κ2) is 14.1. The van der Waals surface area contributed by atoms with Crippen molar-refractivity contribution in [1.82, 2.24) is 10.3 Å². The Morgan fingerprint density at radius 3 is 2.20 bits per heavy atom. The first kappa shape index (κ1) is 29.3. The Bertz CT molecular complexity index is 1560. The lowest BCUT2D eigenvalue weighted by atomic mass is 10.0. The van der Waals surface area contributed by atoms with Crippen molar-refractivity contribution in [2.24, 2.45) is 0 Å². The minimum absolute atomic E-state index is 0.781. The number of rotatable bonds is 9. The summed E-state index contributed by atoms with van der Waals surface area (Å²) in [4.78, 5) is 13.3. The van der Waals surface area contributed by atoms with Gasteiger partial charge in [-0.1, -0.05) is 78.9 Å². The van der Waals surface area contributed by atoms with Crippen LogP contribution in [0.4, 0.5) is 18.9 Å². The van der Waals surface area contributed by atoms with Crippen LogP contribution in [-0.2, 0) is 24.3 Å². The smallest absolute Gasteiger partial charge is 0.475 e. The molecule has 0 aliphatic carbocycles. The Kier molecular flexibility index (Phi) is 10.1. The number of hydrogen-bond acceptors (Lipinski definition) is 4. The summed E-state index contributed by atoms with van der Waals surface area (Å²) in [6, 6.07) is 38.6. The van der Waals surface area contributed by atoms with Gasteiger partial charge in [-0.25, -0.2) is 4.79 Å². The molecule has 0 unspecified atom stereocenters. The molecule has 5 nitrogen and oxygen atoms in total. The van der Waals surface area contributed by atoms with Crippen molar-refractivity contribution < 1.29 is 23.1 Å². The third-order valence-electron chi connectivity index (χ3n) is 6.32. The third-order valence-corrected chi connectivity index (χ3v) is 6.32. The van der Waals surface area contributed by atoms with E-state index in [1.165, 1.54) is 27.8 Å². The molecule has 1 heterocycles. The summed E-state index contributed by atoms with van der Waals surface area (Å²) in [6.07, 6.45) is -2.20. The van der Waals surface area contributed by atoms with Crippen molar-refractivity contribution in [2.45, 2.75) is 25.7 Å². The number of halogens is 3. The molecule has 0 amide bonds. The van der Waals surface area contributed by atoms with Gasteiger partial charge in [-0.2, -0.15) is 13.2 Å². The Balaban J connectivity index is 0.000000493. The fraction of sp³-hybridized carbons (Fsp3) is 0.152. The van der Waals surface area contributed by atoms with Crippen LogP contribution in [-0.4, -0.2) is 28.8 Å². The number of alkyl halides is 3. The Hall–Kier alpha value is -4.69. The predicted molar refractivity (Wildman–Crippen MR) is 156 cm³/mol. The number of anilines is 1. The lowest BCUT2D eigenvalue weighted by Gasteiger charge is -2.10. The van der Waals surface area contributed by atoms with Crippen LogP contribution in [0.1, 0.15) is 16.7 Å². The highest BCUT2D eigenvalue weighted by atomic mass is 19.4. The van der Waals surface area contributed by atoms with E-state index in [4.69, 9.17) is 9.90 Å². The molecule has 4 aromatic carbocycles. The van der Waals surface area contributed by atoms with Crippen molar-refractivity contribution in [1.29, 1.82) is 0 Å². The summed E-state index contributed by atoms with van der Waals surface area (Å²) in [5, 5.41) is 15.4. The normalized spacial score (nSPS) is 11.0. The summed E-state index contributed by atoms with van der Waals surface area (Å²) in [6.45, 7) is 2.65. The summed E-state index contributed by atoms with van der Waals surface area (Å²) in [5.74, 6) is -2.76. The van der Waals surface area contributed by atoms with Gasteiger partial charge in [0.1, 0.15) is 0 Å². The van der Waals surface area contributed by atoms with Crippen LogP contribution in [0, 0.1) is 0 Å². The number of fused-ring (bicyclic) bond motifs is 1. The molecule has 210 valence electrons. The highest BCUT2D eigenvalue weighted by molar-refractivity contribution is 5.82. The highest BCUT2D eigenvalue weighted by Crippen LogP contribution is 2.23. The van der Waals surface area contributed by atoms with Crippen LogP contribution in [0.2, 0.25) is 0 Å². The lowest BCUT2D eigenvalue weighted by Crippen LogP contribution is -2.21. The second-order valence-corrected chi connectivity index (χ2v) is 9.38. The van der Waals surface area contributed by atoms with Crippen LogP contribution >= 0.6 is 0 Å². The molecule has 3 N–H and O–H groups in total. The summed E-state index contributed by atoms with van der Waals surface area (Å²) in [7, 11) is 0. The van der Waals surface area contributed by atoms with Crippen LogP contribution in [0.15, 0.2) is 115 Å². The van der Waals surface area contributed by atoms with Crippen molar-refractivity contribution in [2.75, 3.05) is 11.9 Å². The molecule has 0 saturated carbocycles. The number of hydrogen-bond donors (Lipinski definition) is 3. The molecule has 0 bridgehead atoms. The monoisotopic (exact) mass is 557 g/mol. The molecule has 0 saturated heterocycles. The van der Waals surface area contributed by atoms with E-state index >= 15 is 0 Å². The number of carboxylic acids is 1. The van der Waals surface area contributed by atoms with Gasteiger partial charge < -0.3 is 15.7 Å². The average molecular weight is 558 g/mol. The zero-order valence-corrected chi connectivity index (χ0v) is 22.2. The van der Waals surface area contributed by atoms with Gasteiger partial charge in [0, 0.05) is 30.4 Å². The van der Waals surface area contributed by atoms with Crippen LogP contribution in [0.3, 0.4) is 0 Å². The first-order chi connectivity index (χ1) is 19.8. The fourth-order valence-electron chi connectivity index (χ4n) is 4.18. The number of aromatic nitrogens is 1. The van der Waals surface area contributed by atoms with Gasteiger partial charge in [0.2, 0.25) is 0 Å². The summed E-state index contributed by atoms with van der Waals surface area (Å²) >= 11 is 0. The SMILES string of the molecule is O=C(O)C(F)(F)F.c1ccc(CCNCc2ccc(-c3cccc(CNc4ccc5ncccc5c4)c3)cc2)cc1. The molecule has 8 heteroatoms. The molecular formula is C33H30F3N3O2. The second-order valence-electron chi connectivity index (χ2n) is 9.38. The van der Waals surface area contributed by atoms with Gasteiger partial charge in [-0.05, 0) is 71.1 Å². The number of benzene rings is 4. The highest BCUT2D eigenvalue weighted by Gasteiger charge is 2.38. The summed E-state index contributed by atoms with van der Waals surface area (Å²) in [5.41, 5.74) is 8.55. The molecule has 5 rings (SSSR count). The van der Waals surface area contributed by atoms with Gasteiger partial charge in [-0.3, -0.25) is 4.98 Å². The maximum absolute atomic E-state index is 10.6. The molecule has 0 radical (unpaired) electrons. The topological polar surface area (TPSA) is 74.2 Å². The number of carboxylic acid groups (broad SMARTS) is 1. The minimum Gasteiger partial charge on any atom is -0.475 e. The maximum atomic E-state index is 10.6. The Morgan fingerprint density at radius 2 is 1.46 bits per heavy atom. The van der Waals surface area contributed by atoms with Gasteiger partial charge >= 0.3 is 12.1 Å². The number of carbonyl (C=O) groups is 1. The zero-order valence-electron chi connectivity index (χ0n) is 22.2. The number of nitrogens with zero attached hydrogens (tertiary/aromatic N) is 1. The van der Waals surface area contributed by atoms with E-state index < -0.39 is 12.1 Å². The molecule has 0 fully saturated rings. The van der Waals surface area contributed by atoms with Crippen LogP contribution < -0.4 is 10.6 Å². The minimum atomic E-state index is -5.08. The van der Waals surface area contributed by atoms with Gasteiger partial charge in [0.15, 0.2) is 0 Å². The van der Waals surface area contributed by atoms with E-state index in [-0.39, 0.29) is 0 Å². The molecule has 1 aromatic heterocycles. The Labute approximate surface area is 236 Å². The van der Waals surface area contributed by atoms with E-state index in [0.717, 1.165) is 42.6 Å². The largest absolute Gasteiger partial charge is 0.490 e. The van der Waals surface area contributed by atoms with Gasteiger partial charge in [0.25, 0.3) is 0 Å². The standard InChI is InChI=1S/C31H29N3.C2HF3O2/c1-2-6-24(7-3-1)17-19-32-22-25-11-13-27(14-12-25)28-9-4-8-26(20-28)23-34-30-15-16-31-29(21-30)10-5-18-33-31;3-2(4,5)1(6)7/h1-16,18,20-21,32,34H,17,19,22-23H2;(H,6,7). The predicted octanol–water partition coefficient (Wildman–Crippen LogP) is 7.48. The molecule has 0 atom stereocenters. The first-order valence-electron chi connectivity index (χ1n) is 13.1. The maximum Gasteiger partial charge on any atom is 0.490 e. The molecule has 41 heavy (non-hydrogen) atoms. The zero-order chi connectivity index (χ0) is 29.1. The molecule has 0 aliphatic heterocycles. The quantitative estimate of drug-likeness (QED) is 0.164. The summed E-state index contributed by atoms with van der Waals surface area (Å²) < 4.78 is 31.7. The molecule has 5 aromatic rings. The van der Waals surface area contributed by atoms with E-state index in [0.29, 0.717) is 0 Å². The van der Waals surface area contributed by atoms with E-state index in [2.05, 4.69) is 119 Å². The number of pyridine rings is 1. The van der Waals surface area contributed by atoms with Crippen molar-refractivity contribution >= 4 is 22.6 Å². The number of aliphatic carboxylic acids is 1. The van der Waals surface area contributed by atoms with Crippen molar-refractivity contribution in [3.8, 4) is 11.1 Å².